The molecule has 6 heteroatoms. The highest BCUT2D eigenvalue weighted by Crippen LogP contribution is 2.01. The van der Waals surface area contributed by atoms with Gasteiger partial charge in [-0.1, -0.05) is 24.0 Å². The highest BCUT2D eigenvalue weighted by molar-refractivity contribution is 8.23. The minimum absolute atomic E-state index is 0.140. The molecule has 0 aromatic rings. The number of hydrogen-bond acceptors (Lipinski definition) is 5. The van der Waals surface area contributed by atoms with E-state index in [0.717, 1.165) is 11.8 Å². The van der Waals surface area contributed by atoms with Crippen LogP contribution in [0.1, 0.15) is 6.92 Å². The number of thiocarbonyl (C=S) groups is 1. The molecule has 12 heavy (non-hydrogen) atoms. The van der Waals surface area contributed by atoms with Gasteiger partial charge in [-0.25, -0.2) is 0 Å². The van der Waals surface area contributed by atoms with Gasteiger partial charge in [0.05, 0.1) is 12.4 Å². The van der Waals surface area contributed by atoms with Gasteiger partial charge in [0.15, 0.2) is 6.19 Å². The summed E-state index contributed by atoms with van der Waals surface area (Å²) in [5, 5.41) is 10.4. The first kappa shape index (κ1) is 11.2. The van der Waals surface area contributed by atoms with Crippen molar-refractivity contribution in [1.82, 2.24) is 5.32 Å². The summed E-state index contributed by atoms with van der Waals surface area (Å²) in [5.74, 6) is -0.189. The molecule has 0 amide bonds. The summed E-state index contributed by atoms with van der Waals surface area (Å²) < 4.78 is 4.92. The van der Waals surface area contributed by atoms with Crippen LogP contribution in [0.3, 0.4) is 0 Å². The Hall–Kier alpha value is -0.800. The number of rotatable bonds is 3. The van der Waals surface area contributed by atoms with Gasteiger partial charge in [-0.3, -0.25) is 10.1 Å². The lowest BCUT2D eigenvalue weighted by Gasteiger charge is -2.00. The third-order valence-corrected chi connectivity index (χ3v) is 1.98. The monoisotopic (exact) mass is 204 g/mol. The van der Waals surface area contributed by atoms with E-state index in [4.69, 9.17) is 5.26 Å². The van der Waals surface area contributed by atoms with Crippen LogP contribution < -0.4 is 5.32 Å². The van der Waals surface area contributed by atoms with Crippen LogP contribution in [-0.2, 0) is 9.53 Å². The van der Waals surface area contributed by atoms with E-state index < -0.39 is 0 Å². The second-order valence-corrected chi connectivity index (χ2v) is 3.27. The largest absolute Gasteiger partial charge is 0.465 e. The molecule has 0 saturated heterocycles. The summed E-state index contributed by atoms with van der Waals surface area (Å²) in [5.41, 5.74) is 0. The van der Waals surface area contributed by atoms with Crippen molar-refractivity contribution in [3.63, 3.8) is 0 Å². The van der Waals surface area contributed by atoms with Gasteiger partial charge < -0.3 is 4.74 Å². The number of carbonyl (C=O) groups is 1. The summed E-state index contributed by atoms with van der Waals surface area (Å²) in [6, 6.07) is 0. The Bertz CT molecular complexity index is 212. The predicted octanol–water partition coefficient (Wildman–Crippen LogP) is 0.638. The van der Waals surface area contributed by atoms with Crippen LogP contribution in [0.5, 0.6) is 0 Å². The second-order valence-electron chi connectivity index (χ2n) is 1.62. The molecule has 0 aromatic heterocycles. The normalized spacial score (nSPS) is 8.33. The predicted molar refractivity (Wildman–Crippen MR) is 50.4 cm³/mol. The van der Waals surface area contributed by atoms with Gasteiger partial charge in [0.1, 0.15) is 4.32 Å². The molecule has 66 valence electrons. The number of thioether (sulfide) groups is 1. The zero-order valence-corrected chi connectivity index (χ0v) is 8.13. The lowest BCUT2D eigenvalue weighted by Crippen LogP contribution is -2.15. The topological polar surface area (TPSA) is 62.1 Å². The first-order valence-electron chi connectivity index (χ1n) is 3.18. The molecular formula is C6H8N2O2S2. The minimum atomic E-state index is -0.329. The van der Waals surface area contributed by atoms with Crippen LogP contribution in [0.4, 0.5) is 0 Å². The Labute approximate surface area is 80.3 Å². The van der Waals surface area contributed by atoms with Crippen LogP contribution >= 0.6 is 24.0 Å². The van der Waals surface area contributed by atoms with Crippen molar-refractivity contribution in [2.75, 3.05) is 12.4 Å². The number of hydrogen-bond donors (Lipinski definition) is 1. The first-order chi connectivity index (χ1) is 5.70. The maximum atomic E-state index is 10.7. The van der Waals surface area contributed by atoms with Crippen molar-refractivity contribution >= 4 is 34.3 Å². The lowest BCUT2D eigenvalue weighted by atomic mass is 10.8. The Balaban J connectivity index is 3.48. The van der Waals surface area contributed by atoms with E-state index in [-0.39, 0.29) is 16.0 Å². The van der Waals surface area contributed by atoms with Crippen molar-refractivity contribution in [2.24, 2.45) is 0 Å². The van der Waals surface area contributed by atoms with Gasteiger partial charge in [0, 0.05) is 0 Å². The minimum Gasteiger partial charge on any atom is -0.465 e. The van der Waals surface area contributed by atoms with Gasteiger partial charge in [-0.2, -0.15) is 5.26 Å². The molecule has 0 saturated carbocycles. The van der Waals surface area contributed by atoms with Crippen molar-refractivity contribution in [3.8, 4) is 6.19 Å². The fourth-order valence-corrected chi connectivity index (χ4v) is 1.08. The van der Waals surface area contributed by atoms with Gasteiger partial charge in [0.2, 0.25) is 0 Å². The fraction of sp³-hybridized carbons (Fsp3) is 0.500. The molecule has 0 fully saturated rings. The Morgan fingerprint density at radius 3 is 3.00 bits per heavy atom. The van der Waals surface area contributed by atoms with Gasteiger partial charge in [-0.15, -0.1) is 0 Å². The van der Waals surface area contributed by atoms with Gasteiger partial charge in [0.25, 0.3) is 0 Å². The van der Waals surface area contributed by atoms with Crippen molar-refractivity contribution in [2.45, 2.75) is 6.92 Å². The molecule has 0 aliphatic heterocycles. The maximum Gasteiger partial charge on any atom is 0.316 e. The molecule has 4 nitrogen and oxygen atoms in total. The maximum absolute atomic E-state index is 10.7. The molecule has 0 aromatic carbocycles. The summed E-state index contributed by atoms with van der Waals surface area (Å²) in [7, 11) is 0. The molecule has 0 bridgehead atoms. The number of nitriles is 1. The molecular weight excluding hydrogens is 196 g/mol. The molecule has 0 aliphatic rings. The van der Waals surface area contributed by atoms with Crippen molar-refractivity contribution < 1.29 is 9.53 Å². The lowest BCUT2D eigenvalue weighted by molar-refractivity contribution is -0.139. The second kappa shape index (κ2) is 6.88. The van der Waals surface area contributed by atoms with Crippen LogP contribution in [-0.4, -0.2) is 22.6 Å². The van der Waals surface area contributed by atoms with E-state index in [1.165, 1.54) is 0 Å². The highest BCUT2D eigenvalue weighted by Gasteiger charge is 2.03. The van der Waals surface area contributed by atoms with Crippen molar-refractivity contribution in [3.05, 3.63) is 0 Å². The molecule has 0 spiro atoms. The van der Waals surface area contributed by atoms with Gasteiger partial charge >= 0.3 is 5.97 Å². The molecule has 0 aliphatic carbocycles. The Kier molecular flexibility index (Phi) is 6.42. The highest BCUT2D eigenvalue weighted by atomic mass is 32.2. The van der Waals surface area contributed by atoms with E-state index in [2.05, 4.69) is 22.3 Å². The van der Waals surface area contributed by atoms with Crippen molar-refractivity contribution in [1.29, 1.82) is 5.26 Å². The summed E-state index contributed by atoms with van der Waals surface area (Å²) >= 11 is 5.75. The Morgan fingerprint density at radius 2 is 2.50 bits per heavy atom. The van der Waals surface area contributed by atoms with E-state index >= 15 is 0 Å². The fourth-order valence-electron chi connectivity index (χ4n) is 0.409. The van der Waals surface area contributed by atoms with Gasteiger partial charge in [-0.05, 0) is 6.92 Å². The molecule has 0 radical (unpaired) electrons. The summed E-state index contributed by atoms with van der Waals surface area (Å²) in [4.78, 5) is 10.7. The molecule has 1 N–H and O–H groups in total. The van der Waals surface area contributed by atoms with E-state index in [0.29, 0.717) is 6.61 Å². The number of ether oxygens (including phenoxy) is 1. The third-order valence-electron chi connectivity index (χ3n) is 0.784. The smallest absolute Gasteiger partial charge is 0.316 e. The average Bonchev–Trinajstić information content (AvgIpc) is 2.02. The standard InChI is InChI=1S/C6H8N2O2S2/c1-2-10-5(9)3-12-6(11)8-4-7/h2-3H2,1H3,(H,8,11). The average molecular weight is 204 g/mol. The summed E-state index contributed by atoms with van der Waals surface area (Å²) in [6.07, 6.45) is 1.66. The molecule has 0 heterocycles. The zero-order chi connectivity index (χ0) is 9.40. The van der Waals surface area contributed by atoms with Crippen LogP contribution in [0.25, 0.3) is 0 Å². The van der Waals surface area contributed by atoms with E-state index in [1.54, 1.807) is 13.1 Å². The third kappa shape index (κ3) is 5.95. The number of esters is 1. The van der Waals surface area contributed by atoms with E-state index in [9.17, 15) is 4.79 Å². The molecule has 0 unspecified atom stereocenters. The Morgan fingerprint density at radius 1 is 1.83 bits per heavy atom. The molecule has 0 atom stereocenters. The number of carbonyl (C=O) groups excluding carboxylic acids is 1. The SMILES string of the molecule is CCOC(=O)CSC(=S)NC#N. The number of nitrogens with one attached hydrogen (secondary N) is 1. The molecule has 0 rings (SSSR count). The number of nitrogens with zero attached hydrogens (tertiary/aromatic N) is 1. The zero-order valence-electron chi connectivity index (χ0n) is 6.49. The first-order valence-corrected chi connectivity index (χ1v) is 4.57. The quantitative estimate of drug-likeness (QED) is 0.315. The van der Waals surface area contributed by atoms with E-state index in [1.807, 2.05) is 0 Å². The van der Waals surface area contributed by atoms with Crippen LogP contribution in [0.15, 0.2) is 0 Å². The summed E-state index contributed by atoms with van der Waals surface area (Å²) in [6.45, 7) is 2.09. The van der Waals surface area contributed by atoms with Crippen LogP contribution in [0.2, 0.25) is 0 Å². The van der Waals surface area contributed by atoms with Crippen LogP contribution in [0, 0.1) is 11.5 Å².